The molecular formula is C34H37N5O5S. The number of hydrogen-bond acceptors (Lipinski definition) is 7. The molecule has 0 aliphatic carbocycles. The fraction of sp³-hybridized carbons (Fsp3) is 0.324. The van der Waals surface area contributed by atoms with Crippen molar-refractivity contribution in [3.63, 3.8) is 0 Å². The highest BCUT2D eigenvalue weighted by molar-refractivity contribution is 7.80. The zero-order valence-electron chi connectivity index (χ0n) is 25.4. The van der Waals surface area contributed by atoms with Crippen molar-refractivity contribution < 1.29 is 19.2 Å². The lowest BCUT2D eigenvalue weighted by atomic mass is 9.68. The average molecular weight is 628 g/mol. The van der Waals surface area contributed by atoms with Gasteiger partial charge in [-0.05, 0) is 86.9 Å². The number of carbonyl (C=O) groups excluding carboxylic acids is 2. The highest BCUT2D eigenvalue weighted by Gasteiger charge is 2.40. The number of amides is 1. The van der Waals surface area contributed by atoms with Crippen molar-refractivity contribution in [3.8, 4) is 0 Å². The van der Waals surface area contributed by atoms with E-state index in [-0.39, 0.29) is 21.8 Å². The predicted octanol–water partition coefficient (Wildman–Crippen LogP) is 5.12. The van der Waals surface area contributed by atoms with E-state index in [0.29, 0.717) is 30.6 Å². The van der Waals surface area contributed by atoms with E-state index in [1.807, 2.05) is 0 Å². The summed E-state index contributed by atoms with van der Waals surface area (Å²) >= 11 is 5.67. The molecule has 5 rings (SSSR count). The van der Waals surface area contributed by atoms with E-state index in [1.54, 1.807) is 24.1 Å². The van der Waals surface area contributed by atoms with Gasteiger partial charge in [0, 0.05) is 29.8 Å². The predicted molar refractivity (Wildman–Crippen MR) is 175 cm³/mol. The number of thiocarbonyl (C=S) groups is 1. The van der Waals surface area contributed by atoms with Crippen LogP contribution in [0.2, 0.25) is 0 Å². The average Bonchev–Trinajstić information content (AvgIpc) is 3.07. The third-order valence-corrected chi connectivity index (χ3v) is 9.16. The number of nitrogens with one attached hydrogen (secondary N) is 1. The number of hydrogen-bond donors (Lipinski definition) is 1. The minimum absolute atomic E-state index is 0.0496. The SMILES string of the molecule is COC(=O)C1=C(C)NC(=S)N(N(C=O)CCCN2CCC(c3ccccc3)(c3ccccc3)CC2)C1c1ccc([N+](=O)[O-])cc1. The summed E-state index contributed by atoms with van der Waals surface area (Å²) in [5, 5.41) is 17.6. The largest absolute Gasteiger partial charge is 0.466 e. The first-order chi connectivity index (χ1) is 21.8. The second kappa shape index (κ2) is 14.0. The summed E-state index contributed by atoms with van der Waals surface area (Å²) in [5.74, 6) is -0.588. The molecule has 1 N–H and O–H groups in total. The van der Waals surface area contributed by atoms with Crippen LogP contribution in [-0.2, 0) is 19.7 Å². The molecule has 2 heterocycles. The molecule has 1 unspecified atom stereocenters. The molecule has 0 spiro atoms. The second-order valence-corrected chi connectivity index (χ2v) is 11.7. The Morgan fingerprint density at radius 2 is 1.62 bits per heavy atom. The maximum atomic E-state index is 13.0. The van der Waals surface area contributed by atoms with Crippen molar-refractivity contribution in [2.24, 2.45) is 0 Å². The summed E-state index contributed by atoms with van der Waals surface area (Å²) < 4.78 is 5.08. The van der Waals surface area contributed by atoms with Gasteiger partial charge in [-0.3, -0.25) is 19.9 Å². The van der Waals surface area contributed by atoms with Gasteiger partial charge in [-0.2, -0.15) is 0 Å². The standard InChI is InChI=1S/C34H37N5O5S/c1-25-30(32(41)44-2)31(26-14-16-29(17-15-26)39(42)43)38(33(45)35-25)37(24-40)21-9-20-36-22-18-34(19-23-36,27-10-5-3-6-11-27)28-12-7-4-8-13-28/h3-8,10-17,24,31H,9,18-23H2,1-2H3,(H,35,45). The Morgan fingerprint density at radius 3 is 2.13 bits per heavy atom. The lowest BCUT2D eigenvalue weighted by Gasteiger charge is -2.45. The number of rotatable bonds is 11. The summed E-state index contributed by atoms with van der Waals surface area (Å²) in [6.07, 6.45) is 3.33. The number of allylic oxidation sites excluding steroid dienone is 1. The number of likely N-dealkylation sites (tertiary alicyclic amines) is 1. The van der Waals surface area contributed by atoms with Gasteiger partial charge in [-0.25, -0.2) is 9.80 Å². The van der Waals surface area contributed by atoms with Gasteiger partial charge in [0.05, 0.1) is 17.6 Å². The monoisotopic (exact) mass is 627 g/mol. The fourth-order valence-corrected chi connectivity index (χ4v) is 6.90. The minimum atomic E-state index is -0.815. The first-order valence-electron chi connectivity index (χ1n) is 15.0. The number of non-ortho nitro benzene ring substituents is 1. The molecule has 3 aromatic carbocycles. The first-order valence-corrected chi connectivity index (χ1v) is 15.4. The Bertz CT molecular complexity index is 1520. The maximum Gasteiger partial charge on any atom is 0.338 e. The first kappa shape index (κ1) is 31.8. The van der Waals surface area contributed by atoms with Gasteiger partial charge in [0.2, 0.25) is 6.41 Å². The molecule has 11 heteroatoms. The number of carbonyl (C=O) groups is 2. The van der Waals surface area contributed by atoms with Crippen molar-refractivity contribution in [3.05, 3.63) is 123 Å². The summed E-state index contributed by atoms with van der Waals surface area (Å²) in [4.78, 5) is 38.7. The number of methoxy groups -OCH3 is 1. The molecule has 0 saturated carbocycles. The van der Waals surface area contributed by atoms with Crippen LogP contribution >= 0.6 is 12.2 Å². The van der Waals surface area contributed by atoms with Crippen LogP contribution < -0.4 is 5.32 Å². The van der Waals surface area contributed by atoms with Crippen LogP contribution in [0.15, 0.2) is 96.2 Å². The van der Waals surface area contributed by atoms with E-state index in [0.717, 1.165) is 32.5 Å². The van der Waals surface area contributed by atoms with E-state index in [1.165, 1.54) is 35.4 Å². The number of benzene rings is 3. The molecule has 1 fully saturated rings. The summed E-state index contributed by atoms with van der Waals surface area (Å²) in [5.41, 5.74) is 3.84. The number of hydrazine groups is 1. The maximum absolute atomic E-state index is 13.0. The molecule has 0 bridgehead atoms. The van der Waals surface area contributed by atoms with Crippen molar-refractivity contribution in [1.29, 1.82) is 0 Å². The molecule has 2 aliphatic heterocycles. The zero-order valence-corrected chi connectivity index (χ0v) is 26.2. The number of esters is 1. The Morgan fingerprint density at radius 1 is 1.04 bits per heavy atom. The Kier molecular flexibility index (Phi) is 9.90. The smallest absolute Gasteiger partial charge is 0.338 e. The normalized spacial score (nSPS) is 18.2. The summed E-state index contributed by atoms with van der Waals surface area (Å²) in [6.45, 7) is 4.66. The number of nitrogens with zero attached hydrogens (tertiary/aromatic N) is 4. The van der Waals surface area contributed by atoms with Gasteiger partial charge >= 0.3 is 5.97 Å². The molecule has 1 saturated heterocycles. The van der Waals surface area contributed by atoms with Gasteiger partial charge < -0.3 is 15.0 Å². The van der Waals surface area contributed by atoms with Crippen LogP contribution in [0.4, 0.5) is 5.69 Å². The Balaban J connectivity index is 1.31. The second-order valence-electron chi connectivity index (χ2n) is 11.3. The number of ether oxygens (including phenoxy) is 1. The molecular weight excluding hydrogens is 590 g/mol. The van der Waals surface area contributed by atoms with Crippen LogP contribution in [-0.4, -0.2) is 70.6 Å². The van der Waals surface area contributed by atoms with E-state index in [4.69, 9.17) is 17.0 Å². The molecule has 0 aromatic heterocycles. The minimum Gasteiger partial charge on any atom is -0.466 e. The molecule has 3 aromatic rings. The van der Waals surface area contributed by atoms with Crippen LogP contribution in [0.25, 0.3) is 0 Å². The Hall–Kier alpha value is -4.61. The molecule has 1 amide bonds. The molecule has 234 valence electrons. The third-order valence-electron chi connectivity index (χ3n) is 8.87. The highest BCUT2D eigenvalue weighted by atomic mass is 32.1. The lowest BCUT2D eigenvalue weighted by Crippen LogP contribution is -2.56. The molecule has 45 heavy (non-hydrogen) atoms. The van der Waals surface area contributed by atoms with E-state index < -0.39 is 16.9 Å². The van der Waals surface area contributed by atoms with Gasteiger partial charge in [-0.15, -0.1) is 0 Å². The highest BCUT2D eigenvalue weighted by Crippen LogP contribution is 2.42. The van der Waals surface area contributed by atoms with Crippen molar-refractivity contribution >= 4 is 35.4 Å². The number of piperidine rings is 1. The summed E-state index contributed by atoms with van der Waals surface area (Å²) in [6, 6.07) is 26.5. The Labute approximate surface area is 268 Å². The molecule has 2 aliphatic rings. The van der Waals surface area contributed by atoms with Crippen LogP contribution in [0.1, 0.15) is 48.9 Å². The quantitative estimate of drug-likeness (QED) is 0.102. The van der Waals surface area contributed by atoms with Crippen LogP contribution in [0, 0.1) is 10.1 Å². The van der Waals surface area contributed by atoms with E-state index >= 15 is 0 Å². The topological polar surface area (TPSA) is 108 Å². The van der Waals surface area contributed by atoms with Gasteiger partial charge in [-0.1, -0.05) is 60.7 Å². The van der Waals surface area contributed by atoms with Crippen molar-refractivity contribution in [2.45, 2.75) is 37.6 Å². The third kappa shape index (κ3) is 6.59. The van der Waals surface area contributed by atoms with Crippen molar-refractivity contribution in [2.75, 3.05) is 33.3 Å². The fourth-order valence-electron chi connectivity index (χ4n) is 6.54. The van der Waals surface area contributed by atoms with Crippen LogP contribution in [0.5, 0.6) is 0 Å². The van der Waals surface area contributed by atoms with Crippen molar-refractivity contribution in [1.82, 2.24) is 20.2 Å². The molecule has 10 nitrogen and oxygen atoms in total. The molecule has 0 radical (unpaired) electrons. The van der Waals surface area contributed by atoms with Gasteiger partial charge in [0.1, 0.15) is 6.04 Å². The van der Waals surface area contributed by atoms with Crippen LogP contribution in [0.3, 0.4) is 0 Å². The zero-order chi connectivity index (χ0) is 32.0. The number of nitro groups is 1. The lowest BCUT2D eigenvalue weighted by molar-refractivity contribution is -0.384. The van der Waals surface area contributed by atoms with E-state index in [2.05, 4.69) is 70.9 Å². The molecule has 1 atom stereocenters. The van der Waals surface area contributed by atoms with E-state index in [9.17, 15) is 19.7 Å². The van der Waals surface area contributed by atoms with Gasteiger partial charge in [0.25, 0.3) is 5.69 Å². The van der Waals surface area contributed by atoms with Gasteiger partial charge in [0.15, 0.2) is 5.11 Å². The summed E-state index contributed by atoms with van der Waals surface area (Å²) in [7, 11) is 1.28. The number of nitro benzene ring substituents is 1.